The van der Waals surface area contributed by atoms with Crippen molar-refractivity contribution in [3.63, 3.8) is 0 Å². The Morgan fingerprint density at radius 2 is 2.27 bits per heavy atom. The molecule has 0 bridgehead atoms. The van der Waals surface area contributed by atoms with Crippen LogP contribution in [0.2, 0.25) is 0 Å². The van der Waals surface area contributed by atoms with E-state index >= 15 is 0 Å². The van der Waals surface area contributed by atoms with Crippen LogP contribution in [-0.4, -0.2) is 18.2 Å². The molecule has 0 saturated heterocycles. The van der Waals surface area contributed by atoms with E-state index in [1.165, 1.54) is 0 Å². The fraction of sp³-hybridized carbons (Fsp3) is 0.625. The van der Waals surface area contributed by atoms with Gasteiger partial charge in [0.25, 0.3) is 0 Å². The first-order valence-electron chi connectivity index (χ1n) is 3.53. The summed E-state index contributed by atoms with van der Waals surface area (Å²) in [5, 5.41) is 2.51. The molecule has 3 heteroatoms. The van der Waals surface area contributed by atoms with Gasteiger partial charge in [0, 0.05) is 7.97 Å². The molecule has 0 aliphatic heterocycles. The molecule has 1 N–H and O–H groups in total. The van der Waals surface area contributed by atoms with E-state index in [0.29, 0.717) is 6.54 Å². The third-order valence-electron chi connectivity index (χ3n) is 0.790. The zero-order chi connectivity index (χ0) is 8.91. The van der Waals surface area contributed by atoms with Crippen molar-refractivity contribution in [3.05, 3.63) is 12.7 Å². The molecule has 0 radical (unpaired) electrons. The summed E-state index contributed by atoms with van der Waals surface area (Å²) in [4.78, 5) is 10.8. The molecular formula is C8H17NO2. The van der Waals surface area contributed by atoms with E-state index < -0.39 is 11.7 Å². The number of nitrogens with one attached hydrogen (secondary N) is 1. The number of carbonyl (C=O) groups is 1. The number of alkyl carbamates (subject to hydrolysis) is 1. The van der Waals surface area contributed by atoms with E-state index in [-0.39, 0.29) is 1.43 Å². The number of ether oxygens (including phenoxy) is 1. The minimum atomic E-state index is -0.425. The van der Waals surface area contributed by atoms with Gasteiger partial charge in [-0.05, 0) is 20.8 Å². The Morgan fingerprint density at radius 3 is 2.64 bits per heavy atom. The Balaban J connectivity index is 0. The lowest BCUT2D eigenvalue weighted by Crippen LogP contribution is -2.32. The quantitative estimate of drug-likeness (QED) is 0.625. The highest BCUT2D eigenvalue weighted by Crippen LogP contribution is 2.05. The lowest BCUT2D eigenvalue weighted by atomic mass is 10.2. The van der Waals surface area contributed by atoms with Crippen LogP contribution in [0, 0.1) is 0 Å². The van der Waals surface area contributed by atoms with Crippen molar-refractivity contribution in [2.45, 2.75) is 26.4 Å². The highest BCUT2D eigenvalue weighted by molar-refractivity contribution is 5.67. The Morgan fingerprint density at radius 1 is 1.73 bits per heavy atom. The maximum atomic E-state index is 10.8. The first-order valence-corrected chi connectivity index (χ1v) is 3.53. The van der Waals surface area contributed by atoms with Crippen molar-refractivity contribution in [2.75, 3.05) is 6.54 Å². The summed E-state index contributed by atoms with van der Waals surface area (Å²) in [5.74, 6) is 0. The Bertz CT molecular complexity index is 152. The van der Waals surface area contributed by atoms with Crippen LogP contribution < -0.4 is 5.32 Å². The van der Waals surface area contributed by atoms with E-state index in [9.17, 15) is 4.79 Å². The minimum absolute atomic E-state index is 0. The number of hydrogen-bond donors (Lipinski definition) is 1. The second-order valence-corrected chi connectivity index (χ2v) is 3.17. The topological polar surface area (TPSA) is 38.3 Å². The Hall–Kier alpha value is -0.990. The van der Waals surface area contributed by atoms with Crippen molar-refractivity contribution in [1.82, 2.24) is 5.32 Å². The molecule has 3 nitrogen and oxygen atoms in total. The molecule has 11 heavy (non-hydrogen) atoms. The molecule has 0 fully saturated rings. The third kappa shape index (κ3) is 6.90. The fourth-order valence-electron chi connectivity index (χ4n) is 0.470. The molecule has 0 unspecified atom stereocenters. The largest absolute Gasteiger partial charge is 0.444 e. The monoisotopic (exact) mass is 159 g/mol. The van der Waals surface area contributed by atoms with Gasteiger partial charge >= 0.3 is 6.09 Å². The van der Waals surface area contributed by atoms with Crippen LogP contribution in [0.15, 0.2) is 12.7 Å². The van der Waals surface area contributed by atoms with Gasteiger partial charge in [0.05, 0.1) is 0 Å². The number of rotatable bonds is 2. The second kappa shape index (κ2) is 4.01. The van der Waals surface area contributed by atoms with Gasteiger partial charge in [0.2, 0.25) is 0 Å². The van der Waals surface area contributed by atoms with E-state index in [1.54, 1.807) is 6.08 Å². The first kappa shape index (κ1) is 10.0. The van der Waals surface area contributed by atoms with E-state index in [1.807, 2.05) is 20.8 Å². The van der Waals surface area contributed by atoms with E-state index in [2.05, 4.69) is 11.9 Å². The maximum absolute atomic E-state index is 10.8. The summed E-state index contributed by atoms with van der Waals surface area (Å²) in [6, 6.07) is 0. The predicted molar refractivity (Wildman–Crippen MR) is 46.5 cm³/mol. The molecule has 66 valence electrons. The first-order chi connectivity index (χ1) is 4.95. The molecule has 0 saturated carbocycles. The molecule has 0 heterocycles. The van der Waals surface area contributed by atoms with Gasteiger partial charge in [-0.1, -0.05) is 6.08 Å². The van der Waals surface area contributed by atoms with Crippen LogP contribution in [0.25, 0.3) is 0 Å². The molecule has 0 spiro atoms. The van der Waals surface area contributed by atoms with Crippen LogP contribution >= 0.6 is 0 Å². The third-order valence-corrected chi connectivity index (χ3v) is 0.790. The summed E-state index contributed by atoms with van der Waals surface area (Å²) in [5.41, 5.74) is -0.425. The van der Waals surface area contributed by atoms with E-state index in [4.69, 9.17) is 4.74 Å². The number of carbonyl (C=O) groups excluding carboxylic acids is 1. The van der Waals surface area contributed by atoms with Gasteiger partial charge in [0.1, 0.15) is 5.60 Å². The van der Waals surface area contributed by atoms with Crippen LogP contribution in [0.4, 0.5) is 4.79 Å². The minimum Gasteiger partial charge on any atom is -0.444 e. The van der Waals surface area contributed by atoms with Gasteiger partial charge in [-0.2, -0.15) is 0 Å². The van der Waals surface area contributed by atoms with Gasteiger partial charge in [-0.3, -0.25) is 0 Å². The number of hydrogen-bond acceptors (Lipinski definition) is 2. The molecule has 0 aromatic heterocycles. The zero-order valence-electron chi connectivity index (χ0n) is 7.31. The summed E-state index contributed by atoms with van der Waals surface area (Å²) in [6.45, 7) is 9.36. The second-order valence-electron chi connectivity index (χ2n) is 3.17. The highest BCUT2D eigenvalue weighted by Gasteiger charge is 2.14. The van der Waals surface area contributed by atoms with Crippen LogP contribution in [-0.2, 0) is 4.74 Å². The average Bonchev–Trinajstić information content (AvgIpc) is 1.79. The van der Waals surface area contributed by atoms with Gasteiger partial charge < -0.3 is 10.1 Å². The standard InChI is InChI=1S/C8H15NO2.H2/c1-5-6-9-7(10)11-8(2,3)4;/h5H,1,6H2,2-4H3,(H,9,10);1H. The van der Waals surface area contributed by atoms with Gasteiger partial charge in [0.15, 0.2) is 0 Å². The van der Waals surface area contributed by atoms with Crippen LogP contribution in [0.1, 0.15) is 22.2 Å². The van der Waals surface area contributed by atoms with Crippen LogP contribution in [0.3, 0.4) is 0 Å². The summed E-state index contributed by atoms with van der Waals surface area (Å²) in [7, 11) is 0. The van der Waals surface area contributed by atoms with Crippen molar-refractivity contribution >= 4 is 6.09 Å². The SMILES string of the molecule is C=CCNC(=O)OC(C)(C)C.[HH]. The van der Waals surface area contributed by atoms with Crippen molar-refractivity contribution in [1.29, 1.82) is 0 Å². The lowest BCUT2D eigenvalue weighted by Gasteiger charge is -2.19. The summed E-state index contributed by atoms with van der Waals surface area (Å²) in [6.07, 6.45) is 1.20. The van der Waals surface area contributed by atoms with Gasteiger partial charge in [-0.15, -0.1) is 6.58 Å². The Labute approximate surface area is 68.9 Å². The molecular weight excluding hydrogens is 142 g/mol. The molecule has 0 aromatic carbocycles. The lowest BCUT2D eigenvalue weighted by molar-refractivity contribution is 0.0534. The molecule has 0 aromatic rings. The molecule has 0 rings (SSSR count). The highest BCUT2D eigenvalue weighted by atomic mass is 16.6. The van der Waals surface area contributed by atoms with Crippen molar-refractivity contribution in [2.24, 2.45) is 0 Å². The summed E-state index contributed by atoms with van der Waals surface area (Å²) < 4.78 is 4.94. The van der Waals surface area contributed by atoms with Crippen LogP contribution in [0.5, 0.6) is 0 Å². The smallest absolute Gasteiger partial charge is 0.407 e. The fourth-order valence-corrected chi connectivity index (χ4v) is 0.470. The number of amides is 1. The molecule has 0 aliphatic rings. The molecule has 0 atom stereocenters. The maximum Gasteiger partial charge on any atom is 0.407 e. The van der Waals surface area contributed by atoms with Crippen molar-refractivity contribution in [3.8, 4) is 0 Å². The summed E-state index contributed by atoms with van der Waals surface area (Å²) >= 11 is 0. The zero-order valence-corrected chi connectivity index (χ0v) is 7.31. The Kier molecular flexibility index (Phi) is 3.65. The predicted octanol–water partition coefficient (Wildman–Crippen LogP) is 1.94. The van der Waals surface area contributed by atoms with Gasteiger partial charge in [-0.25, -0.2) is 4.79 Å². The molecule has 0 aliphatic carbocycles. The average molecular weight is 159 g/mol. The molecule has 1 amide bonds. The van der Waals surface area contributed by atoms with Crippen molar-refractivity contribution < 1.29 is 11.0 Å². The van der Waals surface area contributed by atoms with E-state index in [0.717, 1.165) is 0 Å². The normalized spacial score (nSPS) is 10.5.